The van der Waals surface area contributed by atoms with Crippen LogP contribution in [0.2, 0.25) is 0 Å². The van der Waals surface area contributed by atoms with Crippen LogP contribution >= 0.6 is 11.3 Å². The molecule has 3 amide bonds. The van der Waals surface area contributed by atoms with Crippen molar-refractivity contribution >= 4 is 46.0 Å². The van der Waals surface area contributed by atoms with E-state index in [1.54, 1.807) is 29.1 Å². The number of piperazine rings is 1. The number of imidazole rings is 1. The van der Waals surface area contributed by atoms with E-state index in [1.165, 1.54) is 4.57 Å². The minimum absolute atomic E-state index is 0.0875. The molecule has 326 valence electrons. The zero-order chi connectivity index (χ0) is 43.5. The summed E-state index contributed by atoms with van der Waals surface area (Å²) in [7, 11) is 1.71. The monoisotopic (exact) mass is 871 g/mol. The third-order valence-corrected chi connectivity index (χ3v) is 15.0. The number of piperidine rings is 1. The first-order valence-electron chi connectivity index (χ1n) is 21.2. The van der Waals surface area contributed by atoms with E-state index in [-0.39, 0.29) is 35.4 Å². The van der Waals surface area contributed by atoms with Gasteiger partial charge in [0.25, 0.3) is 5.91 Å². The summed E-state index contributed by atoms with van der Waals surface area (Å²) in [4.78, 5) is 70.8. The quantitative estimate of drug-likeness (QED) is 0.115. The SMILES string of the molecule is Cc1sc([C@]23CC[C@](CNC(=O)c4cc(F)c(O)c(F)c4F)(CC2)CC3)nc1-c1ccnc(N2CCN(CCCc3ccc4c(c3)n(C)c(=O)n4C3CCC(=O)NC3=O)CC2)n1. The van der Waals surface area contributed by atoms with Gasteiger partial charge in [0.2, 0.25) is 23.6 Å². The standard InChI is InChI=1S/C44H48F3N9O5S/c1-25-36(52-40(62-25)44-13-10-43(11-14-44,12-15-44)24-49-38(59)27-23-28(45)37(58)35(47)34(27)46)29-9-16-48-41(50-29)55-20-18-54(19-21-55)17-3-4-26-5-6-30-32(22-26)53(2)42(61)56(30)31-7-8-33(57)51-39(31)60/h5-6,9,16,22-23,31,58H,3-4,7-8,10-15,17-21,24H2,1-2H3,(H,49,59)(H,51,57,60)/t31?,43-,44+. The first-order valence-corrected chi connectivity index (χ1v) is 22.0. The van der Waals surface area contributed by atoms with Gasteiger partial charge in [-0.15, -0.1) is 11.3 Å². The Morgan fingerprint density at radius 3 is 2.44 bits per heavy atom. The number of halogens is 3. The fraction of sp³-hybridized carbons (Fsp3) is 0.477. The van der Waals surface area contributed by atoms with Gasteiger partial charge < -0.3 is 15.3 Å². The van der Waals surface area contributed by atoms with Crippen LogP contribution < -0.4 is 21.2 Å². The van der Waals surface area contributed by atoms with Gasteiger partial charge in [-0.2, -0.15) is 4.39 Å². The van der Waals surface area contributed by atoms with Crippen LogP contribution in [0.5, 0.6) is 5.75 Å². The molecule has 3 N–H and O–H groups in total. The van der Waals surface area contributed by atoms with Gasteiger partial charge >= 0.3 is 5.69 Å². The topological polar surface area (TPSA) is 168 Å². The lowest BCUT2D eigenvalue weighted by atomic mass is 9.54. The van der Waals surface area contributed by atoms with Gasteiger partial charge in [-0.1, -0.05) is 6.07 Å². The van der Waals surface area contributed by atoms with Crippen molar-refractivity contribution in [1.82, 2.24) is 39.6 Å². The lowest BCUT2D eigenvalue weighted by molar-refractivity contribution is -0.135. The molecular weight excluding hydrogens is 824 g/mol. The van der Waals surface area contributed by atoms with Crippen LogP contribution in [0.3, 0.4) is 0 Å². The zero-order valence-corrected chi connectivity index (χ0v) is 35.4. The lowest BCUT2D eigenvalue weighted by Gasteiger charge is -2.52. The molecule has 3 saturated carbocycles. The summed E-state index contributed by atoms with van der Waals surface area (Å²) < 4.78 is 45.2. The minimum Gasteiger partial charge on any atom is -0.503 e. The third kappa shape index (κ3) is 7.54. The molecule has 2 saturated heterocycles. The number of aryl methyl sites for hydroxylation is 3. The van der Waals surface area contributed by atoms with Gasteiger partial charge in [0, 0.05) is 62.7 Å². The summed E-state index contributed by atoms with van der Waals surface area (Å²) in [6, 6.07) is 7.67. The number of amides is 3. The minimum atomic E-state index is -1.78. The van der Waals surface area contributed by atoms with Crippen molar-refractivity contribution < 1.29 is 32.7 Å². The fourth-order valence-electron chi connectivity index (χ4n) is 9.93. The van der Waals surface area contributed by atoms with E-state index in [2.05, 4.69) is 32.3 Å². The number of aromatic hydroxyl groups is 1. The summed E-state index contributed by atoms with van der Waals surface area (Å²) in [6.45, 7) is 6.57. The largest absolute Gasteiger partial charge is 0.503 e. The number of anilines is 1. The highest BCUT2D eigenvalue weighted by molar-refractivity contribution is 7.12. The smallest absolute Gasteiger partial charge is 0.329 e. The number of nitrogens with one attached hydrogen (secondary N) is 2. The number of thiazole rings is 1. The van der Waals surface area contributed by atoms with Gasteiger partial charge in [0.1, 0.15) is 11.7 Å². The maximum atomic E-state index is 14.3. The zero-order valence-electron chi connectivity index (χ0n) is 34.6. The van der Waals surface area contributed by atoms with Crippen molar-refractivity contribution in [1.29, 1.82) is 0 Å². The van der Waals surface area contributed by atoms with Gasteiger partial charge in [-0.3, -0.25) is 33.7 Å². The molecular formula is C44H48F3N9O5S. The van der Waals surface area contributed by atoms with E-state index in [4.69, 9.17) is 9.97 Å². The van der Waals surface area contributed by atoms with Crippen molar-refractivity contribution in [3.8, 4) is 17.1 Å². The molecule has 2 bridgehead atoms. The summed E-state index contributed by atoms with van der Waals surface area (Å²) in [5.41, 5.74) is 2.88. The van der Waals surface area contributed by atoms with Gasteiger partial charge in [-0.25, -0.2) is 28.5 Å². The van der Waals surface area contributed by atoms with Crippen LogP contribution in [0.1, 0.15) is 89.6 Å². The number of benzene rings is 2. The highest BCUT2D eigenvalue weighted by Crippen LogP contribution is 2.58. The maximum Gasteiger partial charge on any atom is 0.329 e. The van der Waals surface area contributed by atoms with Crippen molar-refractivity contribution in [2.24, 2.45) is 12.5 Å². The highest BCUT2D eigenvalue weighted by atomic mass is 32.1. The number of carbonyl (C=O) groups excluding carboxylic acids is 3. The number of phenolic OH excluding ortho intramolecular Hbond substituents is 1. The van der Waals surface area contributed by atoms with E-state index < -0.39 is 46.6 Å². The molecule has 5 fully saturated rings. The Hall–Kier alpha value is -5.62. The van der Waals surface area contributed by atoms with Crippen molar-refractivity contribution in [2.45, 2.75) is 82.6 Å². The Kier molecular flexibility index (Phi) is 10.9. The number of hydrogen-bond acceptors (Lipinski definition) is 11. The summed E-state index contributed by atoms with van der Waals surface area (Å²) >= 11 is 1.70. The predicted octanol–water partition coefficient (Wildman–Crippen LogP) is 5.44. The Labute approximate surface area is 359 Å². The molecule has 18 heteroatoms. The Balaban J connectivity index is 0.777. The summed E-state index contributed by atoms with van der Waals surface area (Å²) in [5, 5.41) is 15.5. The van der Waals surface area contributed by atoms with Crippen LogP contribution in [0.15, 0.2) is 41.3 Å². The van der Waals surface area contributed by atoms with Gasteiger partial charge in [-0.05, 0) is 106 Å². The highest BCUT2D eigenvalue weighted by Gasteiger charge is 2.51. The second-order valence-corrected chi connectivity index (χ2v) is 18.6. The molecule has 3 aromatic heterocycles. The number of fused-ring (bicyclic) bond motifs is 4. The number of nitrogens with zero attached hydrogens (tertiary/aromatic N) is 7. The second-order valence-electron chi connectivity index (χ2n) is 17.4. The van der Waals surface area contributed by atoms with Gasteiger partial charge in [0.05, 0.1) is 27.3 Å². The van der Waals surface area contributed by atoms with Crippen molar-refractivity contribution in [3.63, 3.8) is 0 Å². The first kappa shape index (κ1) is 41.7. The molecule has 10 rings (SSSR count). The van der Waals surface area contributed by atoms with E-state index >= 15 is 0 Å². The summed E-state index contributed by atoms with van der Waals surface area (Å²) in [5.74, 6) is -7.18. The molecule has 5 heterocycles. The second kappa shape index (κ2) is 16.3. The average Bonchev–Trinajstić information content (AvgIpc) is 3.80. The van der Waals surface area contributed by atoms with Crippen molar-refractivity contribution in [3.05, 3.63) is 85.5 Å². The number of carbonyl (C=O) groups is 3. The molecule has 0 spiro atoms. The molecule has 0 radical (unpaired) electrons. The number of imide groups is 1. The number of aromatic nitrogens is 5. The lowest BCUT2D eigenvalue weighted by Crippen LogP contribution is -2.49. The Bertz CT molecular complexity index is 2650. The third-order valence-electron chi connectivity index (χ3n) is 13.8. The number of rotatable bonds is 11. The molecule has 14 nitrogen and oxygen atoms in total. The van der Waals surface area contributed by atoms with Crippen molar-refractivity contribution in [2.75, 3.05) is 44.2 Å². The molecule has 1 atom stereocenters. The van der Waals surface area contributed by atoms with Crippen LogP contribution in [0.4, 0.5) is 19.1 Å². The predicted molar refractivity (Wildman–Crippen MR) is 226 cm³/mol. The Morgan fingerprint density at radius 1 is 0.968 bits per heavy atom. The number of phenols is 1. The van der Waals surface area contributed by atoms with Crippen LogP contribution in [0, 0.1) is 29.8 Å². The van der Waals surface area contributed by atoms with E-state index in [0.29, 0.717) is 24.0 Å². The average molecular weight is 872 g/mol. The van der Waals surface area contributed by atoms with Gasteiger partial charge in [0.15, 0.2) is 17.4 Å². The van der Waals surface area contributed by atoms with E-state index in [9.17, 15) is 37.5 Å². The maximum absolute atomic E-state index is 14.3. The molecule has 2 aliphatic heterocycles. The van der Waals surface area contributed by atoms with Crippen LogP contribution in [-0.4, -0.2) is 91.1 Å². The van der Waals surface area contributed by atoms with E-state index in [1.807, 2.05) is 24.3 Å². The molecule has 5 aromatic rings. The fourth-order valence-corrected chi connectivity index (χ4v) is 11.1. The van der Waals surface area contributed by atoms with Crippen LogP contribution in [-0.2, 0) is 28.5 Å². The normalized spacial score (nSPS) is 23.0. The number of hydrogen-bond donors (Lipinski definition) is 3. The molecule has 62 heavy (non-hydrogen) atoms. The first-order chi connectivity index (χ1) is 29.7. The summed E-state index contributed by atoms with van der Waals surface area (Å²) in [6.07, 6.45) is 9.19. The molecule has 2 aromatic carbocycles. The molecule has 1 unspecified atom stereocenters. The van der Waals surface area contributed by atoms with E-state index in [0.717, 1.165) is 116 Å². The molecule has 5 aliphatic rings. The van der Waals surface area contributed by atoms with Crippen LogP contribution in [0.25, 0.3) is 22.4 Å². The Morgan fingerprint density at radius 2 is 1.71 bits per heavy atom. The molecule has 3 aliphatic carbocycles.